The molecule has 0 aromatic heterocycles. The average Bonchev–Trinajstić information content (AvgIpc) is 3.07. The second-order valence-corrected chi connectivity index (χ2v) is 7.83. The number of rotatable bonds is 7. The van der Waals surface area contributed by atoms with Crippen LogP contribution in [0.2, 0.25) is 0 Å². The van der Waals surface area contributed by atoms with Gasteiger partial charge in [0.15, 0.2) is 11.5 Å². The molecule has 2 rings (SSSR count). The predicted molar refractivity (Wildman–Crippen MR) is 104 cm³/mol. The van der Waals surface area contributed by atoms with Crippen molar-refractivity contribution in [2.75, 3.05) is 40.4 Å². The van der Waals surface area contributed by atoms with Crippen molar-refractivity contribution in [3.8, 4) is 11.5 Å². The lowest BCUT2D eigenvalue weighted by molar-refractivity contribution is 0.167. The van der Waals surface area contributed by atoms with Crippen LogP contribution in [0.4, 0.5) is 4.79 Å². The first-order chi connectivity index (χ1) is 12.3. The highest BCUT2D eigenvalue weighted by Crippen LogP contribution is 2.25. The van der Waals surface area contributed by atoms with Gasteiger partial charge in [-0.3, -0.25) is 4.90 Å². The van der Waals surface area contributed by atoms with Crippen LogP contribution in [0, 0.1) is 0 Å². The van der Waals surface area contributed by atoms with Crippen molar-refractivity contribution in [1.29, 1.82) is 0 Å². The highest BCUT2D eigenvalue weighted by Gasteiger charge is 2.31. The number of hydrogen-bond donors (Lipinski definition) is 1. The van der Waals surface area contributed by atoms with Crippen molar-refractivity contribution in [2.45, 2.75) is 45.2 Å². The SMILES string of the molecule is COc1ccccc1OCCCN(C)C(=O)NC1CCN(C(C)(C)C)C1. The third-order valence-corrected chi connectivity index (χ3v) is 4.78. The number of urea groups is 1. The second kappa shape index (κ2) is 9.12. The van der Waals surface area contributed by atoms with E-state index in [1.807, 2.05) is 31.3 Å². The highest BCUT2D eigenvalue weighted by molar-refractivity contribution is 5.74. The summed E-state index contributed by atoms with van der Waals surface area (Å²) in [5, 5.41) is 3.14. The van der Waals surface area contributed by atoms with Gasteiger partial charge >= 0.3 is 6.03 Å². The maximum Gasteiger partial charge on any atom is 0.317 e. The summed E-state index contributed by atoms with van der Waals surface area (Å²) >= 11 is 0. The van der Waals surface area contributed by atoms with E-state index in [1.54, 1.807) is 12.0 Å². The maximum absolute atomic E-state index is 12.4. The van der Waals surface area contributed by atoms with E-state index in [0.29, 0.717) is 13.2 Å². The molecule has 1 atom stereocenters. The molecule has 1 aromatic carbocycles. The van der Waals surface area contributed by atoms with Crippen LogP contribution in [-0.4, -0.2) is 67.8 Å². The van der Waals surface area contributed by atoms with Gasteiger partial charge in [-0.2, -0.15) is 0 Å². The van der Waals surface area contributed by atoms with Crippen LogP contribution in [0.5, 0.6) is 11.5 Å². The Kier molecular flexibility index (Phi) is 7.14. The first kappa shape index (κ1) is 20.4. The summed E-state index contributed by atoms with van der Waals surface area (Å²) in [5.41, 5.74) is 0.154. The summed E-state index contributed by atoms with van der Waals surface area (Å²) in [6, 6.07) is 7.80. The van der Waals surface area contributed by atoms with Gasteiger partial charge in [-0.15, -0.1) is 0 Å². The molecule has 6 nitrogen and oxygen atoms in total. The molecule has 1 aliphatic rings. The van der Waals surface area contributed by atoms with Gasteiger partial charge in [-0.05, 0) is 45.7 Å². The highest BCUT2D eigenvalue weighted by atomic mass is 16.5. The van der Waals surface area contributed by atoms with Crippen molar-refractivity contribution in [2.24, 2.45) is 0 Å². The summed E-state index contributed by atoms with van der Waals surface area (Å²) in [6.07, 6.45) is 1.77. The molecule has 1 aliphatic heterocycles. The molecule has 0 spiro atoms. The molecule has 1 aromatic rings. The van der Waals surface area contributed by atoms with Gasteiger partial charge in [0.1, 0.15) is 0 Å². The molecule has 2 amide bonds. The lowest BCUT2D eigenvalue weighted by Crippen LogP contribution is -2.46. The standard InChI is InChI=1S/C20H33N3O3/c1-20(2,3)23-13-11-16(15-23)21-19(24)22(4)12-8-14-26-18-10-7-6-9-17(18)25-5/h6-7,9-10,16H,8,11-15H2,1-5H3,(H,21,24). The number of methoxy groups -OCH3 is 1. The number of likely N-dealkylation sites (tertiary alicyclic amines) is 1. The third-order valence-electron chi connectivity index (χ3n) is 4.78. The van der Waals surface area contributed by atoms with Gasteiger partial charge in [0.2, 0.25) is 0 Å². The third kappa shape index (κ3) is 5.80. The number of para-hydroxylation sites is 2. The van der Waals surface area contributed by atoms with Crippen molar-refractivity contribution < 1.29 is 14.3 Å². The van der Waals surface area contributed by atoms with Crippen LogP contribution >= 0.6 is 0 Å². The van der Waals surface area contributed by atoms with Crippen LogP contribution in [0.25, 0.3) is 0 Å². The number of benzene rings is 1. The molecule has 146 valence electrons. The number of carbonyl (C=O) groups excluding carboxylic acids is 1. The Balaban J connectivity index is 1.68. The van der Waals surface area contributed by atoms with Crippen LogP contribution in [0.15, 0.2) is 24.3 Å². The Morgan fingerprint density at radius 1 is 1.31 bits per heavy atom. The Morgan fingerprint density at radius 2 is 2.00 bits per heavy atom. The van der Waals surface area contributed by atoms with Crippen molar-refractivity contribution in [3.63, 3.8) is 0 Å². The lowest BCUT2D eigenvalue weighted by atomic mass is 10.1. The smallest absolute Gasteiger partial charge is 0.317 e. The average molecular weight is 364 g/mol. The second-order valence-electron chi connectivity index (χ2n) is 7.83. The molecule has 6 heteroatoms. The zero-order valence-corrected chi connectivity index (χ0v) is 16.7. The Hall–Kier alpha value is -1.95. The van der Waals surface area contributed by atoms with Gasteiger partial charge in [-0.1, -0.05) is 12.1 Å². The van der Waals surface area contributed by atoms with Crippen molar-refractivity contribution in [1.82, 2.24) is 15.1 Å². The molecule has 0 radical (unpaired) electrons. The molecular formula is C20H33N3O3. The number of nitrogens with zero attached hydrogens (tertiary/aromatic N) is 2. The minimum atomic E-state index is -0.0111. The monoisotopic (exact) mass is 363 g/mol. The molecule has 1 unspecified atom stereocenters. The Labute approximate surface area is 157 Å². The molecule has 1 heterocycles. The van der Waals surface area contributed by atoms with Crippen LogP contribution in [-0.2, 0) is 0 Å². The van der Waals surface area contributed by atoms with Gasteiger partial charge in [0.05, 0.1) is 13.7 Å². The lowest BCUT2D eigenvalue weighted by Gasteiger charge is -2.31. The fourth-order valence-corrected chi connectivity index (χ4v) is 3.10. The fourth-order valence-electron chi connectivity index (χ4n) is 3.10. The number of carbonyl (C=O) groups is 1. The van der Waals surface area contributed by atoms with E-state index in [-0.39, 0.29) is 17.6 Å². The number of nitrogens with one attached hydrogen (secondary N) is 1. The molecular weight excluding hydrogens is 330 g/mol. The molecule has 26 heavy (non-hydrogen) atoms. The topological polar surface area (TPSA) is 54.0 Å². The van der Waals surface area contributed by atoms with E-state index >= 15 is 0 Å². The minimum Gasteiger partial charge on any atom is -0.493 e. The van der Waals surface area contributed by atoms with Gasteiger partial charge in [0.25, 0.3) is 0 Å². The number of ether oxygens (including phenoxy) is 2. The van der Waals surface area contributed by atoms with Crippen molar-refractivity contribution in [3.05, 3.63) is 24.3 Å². The first-order valence-corrected chi connectivity index (χ1v) is 9.33. The molecule has 1 saturated heterocycles. The van der Waals surface area contributed by atoms with Gasteiger partial charge in [-0.25, -0.2) is 4.79 Å². The summed E-state index contributed by atoms with van der Waals surface area (Å²) in [6.45, 7) is 9.78. The van der Waals surface area contributed by atoms with E-state index in [2.05, 4.69) is 31.0 Å². The summed E-state index contributed by atoms with van der Waals surface area (Å²) < 4.78 is 11.0. The van der Waals surface area contributed by atoms with Crippen LogP contribution < -0.4 is 14.8 Å². The summed E-state index contributed by atoms with van der Waals surface area (Å²) in [4.78, 5) is 16.5. The fraction of sp³-hybridized carbons (Fsp3) is 0.650. The zero-order valence-electron chi connectivity index (χ0n) is 16.7. The number of amides is 2. The Morgan fingerprint density at radius 3 is 2.62 bits per heavy atom. The molecule has 0 saturated carbocycles. The Bertz CT molecular complexity index is 586. The normalized spacial score (nSPS) is 17.8. The van der Waals surface area contributed by atoms with Crippen molar-refractivity contribution >= 4 is 6.03 Å². The molecule has 1 fully saturated rings. The summed E-state index contributed by atoms with van der Waals surface area (Å²) in [5.74, 6) is 1.46. The van der Waals surface area contributed by atoms with Gasteiger partial charge in [0, 0.05) is 38.3 Å². The number of hydrogen-bond acceptors (Lipinski definition) is 4. The first-order valence-electron chi connectivity index (χ1n) is 9.33. The van der Waals surface area contributed by atoms with Gasteiger partial charge < -0.3 is 19.7 Å². The van der Waals surface area contributed by atoms with Crippen LogP contribution in [0.1, 0.15) is 33.6 Å². The maximum atomic E-state index is 12.4. The van der Waals surface area contributed by atoms with Crippen LogP contribution in [0.3, 0.4) is 0 Å². The van der Waals surface area contributed by atoms with E-state index in [9.17, 15) is 4.79 Å². The van der Waals surface area contributed by atoms with E-state index in [4.69, 9.17) is 9.47 Å². The molecule has 0 aliphatic carbocycles. The van der Waals surface area contributed by atoms with E-state index in [1.165, 1.54) is 0 Å². The molecule has 1 N–H and O–H groups in total. The largest absolute Gasteiger partial charge is 0.493 e. The molecule has 0 bridgehead atoms. The summed E-state index contributed by atoms with van der Waals surface area (Å²) in [7, 11) is 3.46. The van der Waals surface area contributed by atoms with E-state index < -0.39 is 0 Å². The zero-order chi connectivity index (χ0) is 19.2. The minimum absolute atomic E-state index is 0.0111. The quantitative estimate of drug-likeness (QED) is 0.757. The predicted octanol–water partition coefficient (Wildman–Crippen LogP) is 2.98. The van der Waals surface area contributed by atoms with E-state index in [0.717, 1.165) is 37.4 Å².